The normalized spacial score (nSPS) is 17.2. The van der Waals surface area contributed by atoms with E-state index in [1.165, 1.54) is 5.56 Å². The van der Waals surface area contributed by atoms with Gasteiger partial charge in [0.2, 0.25) is 0 Å². The number of benzene rings is 3. The number of halogens is 1. The number of aromatic nitrogens is 2. The van der Waals surface area contributed by atoms with E-state index in [0.29, 0.717) is 22.6 Å². The lowest BCUT2D eigenvalue weighted by atomic mass is 9.85. The fourth-order valence-electron chi connectivity index (χ4n) is 9.31. The number of thiazole rings is 1. The van der Waals surface area contributed by atoms with Gasteiger partial charge in [0.1, 0.15) is 17.9 Å². The van der Waals surface area contributed by atoms with Gasteiger partial charge in [-0.1, -0.05) is 84.6 Å². The summed E-state index contributed by atoms with van der Waals surface area (Å²) in [4.78, 5) is 61.9. The van der Waals surface area contributed by atoms with Gasteiger partial charge in [0.05, 0.1) is 15.6 Å². The average Bonchev–Trinajstić information content (AvgIpc) is 3.89. The second-order valence-corrected chi connectivity index (χ2v) is 20.8. The SMILES string of the molecule is CCCC(C=O)N(C)c1ccc(C2CCN(c3nc4ncc(CSN5CCC(Nc6cccc(-c7sc(C(=O)O)c(OCC=O)c7Cl)c6)CC5(C)C)cc4s3)CC2)c2cccc(C=O)c12. The van der Waals surface area contributed by atoms with E-state index in [4.69, 9.17) is 26.3 Å². The van der Waals surface area contributed by atoms with Crippen LogP contribution in [0.2, 0.25) is 5.02 Å². The van der Waals surface area contributed by atoms with Crippen LogP contribution in [0.4, 0.5) is 16.5 Å². The lowest BCUT2D eigenvalue weighted by molar-refractivity contribution is -0.110. The van der Waals surface area contributed by atoms with Gasteiger partial charge in [-0.2, -0.15) is 4.98 Å². The van der Waals surface area contributed by atoms with Crippen molar-refractivity contribution < 1.29 is 29.0 Å². The molecule has 3 aromatic carbocycles. The van der Waals surface area contributed by atoms with E-state index in [9.17, 15) is 24.3 Å². The van der Waals surface area contributed by atoms with Gasteiger partial charge in [0.25, 0.3) is 0 Å². The molecule has 0 radical (unpaired) electrons. The monoisotopic (exact) mass is 952 g/mol. The Morgan fingerprint density at radius 3 is 2.60 bits per heavy atom. The van der Waals surface area contributed by atoms with E-state index in [1.807, 2.05) is 66.5 Å². The lowest BCUT2D eigenvalue weighted by Gasteiger charge is -2.45. The van der Waals surface area contributed by atoms with Crippen molar-refractivity contribution in [3.05, 3.63) is 93.5 Å². The van der Waals surface area contributed by atoms with Crippen molar-refractivity contribution in [2.45, 2.75) is 88.6 Å². The number of ether oxygens (including phenoxy) is 1. The van der Waals surface area contributed by atoms with Crippen molar-refractivity contribution in [2.75, 3.05) is 48.4 Å². The molecule has 2 unspecified atom stereocenters. The van der Waals surface area contributed by atoms with Crippen LogP contribution in [0.5, 0.6) is 5.75 Å². The number of thiophene rings is 1. The molecule has 0 amide bonds. The van der Waals surface area contributed by atoms with Crippen LogP contribution in [0.15, 0.2) is 66.9 Å². The number of aldehydes is 3. The molecule has 0 aliphatic carbocycles. The van der Waals surface area contributed by atoms with Gasteiger partial charge in [0, 0.05) is 72.5 Å². The van der Waals surface area contributed by atoms with Crippen molar-refractivity contribution in [3.8, 4) is 16.2 Å². The molecule has 5 heterocycles. The van der Waals surface area contributed by atoms with E-state index in [1.54, 1.807) is 11.3 Å². The Hall–Kier alpha value is -5.06. The van der Waals surface area contributed by atoms with Gasteiger partial charge in [-0.3, -0.25) is 9.59 Å². The van der Waals surface area contributed by atoms with E-state index >= 15 is 0 Å². The second kappa shape index (κ2) is 20.2. The molecule has 0 saturated carbocycles. The highest BCUT2D eigenvalue weighted by Crippen LogP contribution is 2.46. The Balaban J connectivity index is 0.878. The molecular weight excluding hydrogens is 900 g/mol. The van der Waals surface area contributed by atoms with Crippen LogP contribution in [-0.4, -0.2) is 95.1 Å². The number of carboxylic acids is 1. The maximum atomic E-state index is 12.3. The first-order valence-electron chi connectivity index (χ1n) is 22.0. The zero-order valence-corrected chi connectivity index (χ0v) is 40.1. The highest BCUT2D eigenvalue weighted by molar-refractivity contribution is 7.96. The van der Waals surface area contributed by atoms with Gasteiger partial charge in [-0.05, 0) is 98.2 Å². The molecule has 2 aliphatic rings. The molecule has 2 N–H and O–H groups in total. The van der Waals surface area contributed by atoms with Gasteiger partial charge < -0.3 is 29.8 Å². The van der Waals surface area contributed by atoms with Crippen molar-refractivity contribution in [1.29, 1.82) is 0 Å². The van der Waals surface area contributed by atoms with E-state index in [-0.39, 0.29) is 39.9 Å². The third-order valence-corrected chi connectivity index (χ3v) is 16.8. The van der Waals surface area contributed by atoms with Crippen LogP contribution in [0.25, 0.3) is 31.6 Å². The average molecular weight is 954 g/mol. The van der Waals surface area contributed by atoms with Crippen molar-refractivity contribution in [2.24, 2.45) is 0 Å². The molecule has 65 heavy (non-hydrogen) atoms. The molecule has 8 rings (SSSR count). The molecule has 12 nitrogen and oxygen atoms in total. The fraction of sp³-hybridized carbons (Fsp3) is 0.388. The van der Waals surface area contributed by atoms with Gasteiger partial charge in [-0.15, -0.1) is 11.3 Å². The Morgan fingerprint density at radius 2 is 1.88 bits per heavy atom. The molecule has 2 atom stereocenters. The number of rotatable bonds is 18. The van der Waals surface area contributed by atoms with Crippen molar-refractivity contribution in [1.82, 2.24) is 14.3 Å². The van der Waals surface area contributed by atoms with Crippen LogP contribution in [-0.2, 0) is 15.3 Å². The number of hydrogen-bond donors (Lipinski definition) is 2. The predicted molar refractivity (Wildman–Crippen MR) is 266 cm³/mol. The lowest BCUT2D eigenvalue weighted by Crippen LogP contribution is -2.49. The highest BCUT2D eigenvalue weighted by atomic mass is 35.5. The van der Waals surface area contributed by atoms with Crippen molar-refractivity contribution in [3.63, 3.8) is 0 Å². The van der Waals surface area contributed by atoms with Crippen LogP contribution in [0.3, 0.4) is 0 Å². The Kier molecular flexibility index (Phi) is 14.5. The zero-order chi connectivity index (χ0) is 45.8. The Bertz CT molecular complexity index is 2720. The number of likely N-dealkylation sites (N-methyl/N-ethyl adjacent to an activating group) is 1. The molecule has 2 aliphatic heterocycles. The number of carbonyl (C=O) groups excluding carboxylic acids is 3. The van der Waals surface area contributed by atoms with E-state index < -0.39 is 5.97 Å². The van der Waals surface area contributed by atoms with Gasteiger partial charge >= 0.3 is 5.97 Å². The van der Waals surface area contributed by atoms with Gasteiger partial charge in [-0.25, -0.2) is 14.1 Å². The predicted octanol–water partition coefficient (Wildman–Crippen LogP) is 11.0. The number of nitrogens with one attached hydrogen (secondary N) is 1. The van der Waals surface area contributed by atoms with Crippen molar-refractivity contribution >= 4 is 109 Å². The first-order valence-corrected chi connectivity index (χ1v) is 25.0. The fourth-order valence-corrected chi connectivity index (χ4v) is 12.9. The number of fused-ring (bicyclic) bond motifs is 2. The molecule has 3 aromatic heterocycles. The Morgan fingerprint density at radius 1 is 1.08 bits per heavy atom. The number of piperidine rings is 2. The molecule has 2 fully saturated rings. The van der Waals surface area contributed by atoms with Crippen LogP contribution < -0.4 is 19.9 Å². The molecule has 0 spiro atoms. The molecule has 6 aromatic rings. The maximum absolute atomic E-state index is 12.3. The summed E-state index contributed by atoms with van der Waals surface area (Å²) >= 11 is 11.2. The topological polar surface area (TPSA) is 145 Å². The summed E-state index contributed by atoms with van der Waals surface area (Å²) in [5, 5.41) is 16.6. The number of carbonyl (C=O) groups is 4. The number of pyridine rings is 1. The molecule has 0 bridgehead atoms. The van der Waals surface area contributed by atoms with Gasteiger partial charge in [0.15, 0.2) is 34.0 Å². The minimum Gasteiger partial charge on any atom is -0.483 e. The molecule has 340 valence electrons. The summed E-state index contributed by atoms with van der Waals surface area (Å²) in [6, 6.07) is 20.3. The summed E-state index contributed by atoms with van der Waals surface area (Å²) in [6.45, 7) is 9.00. The summed E-state index contributed by atoms with van der Waals surface area (Å²) in [7, 11) is 1.95. The summed E-state index contributed by atoms with van der Waals surface area (Å²) in [5.74, 6) is -0.0101. The first kappa shape index (κ1) is 46.5. The minimum atomic E-state index is -1.16. The molecule has 2 saturated heterocycles. The van der Waals surface area contributed by atoms with Crippen LogP contribution in [0, 0.1) is 0 Å². The number of anilines is 3. The number of hydrogen-bond acceptors (Lipinski definition) is 14. The number of nitrogens with zero attached hydrogens (tertiary/aromatic N) is 5. The minimum absolute atomic E-state index is 0.0173. The largest absolute Gasteiger partial charge is 0.483 e. The smallest absolute Gasteiger partial charge is 0.349 e. The zero-order valence-electron chi connectivity index (χ0n) is 36.9. The summed E-state index contributed by atoms with van der Waals surface area (Å²) in [6.07, 6.45) is 9.89. The van der Waals surface area contributed by atoms with Crippen LogP contribution >= 0.6 is 46.2 Å². The standard InChI is InChI=1S/C49H53ClN6O6S3/c1-5-8-36(28-59)54(4)39-14-13-37(38-12-7-10-33(27-58)41(38)39)31-15-18-55(19-16-31)48-53-46-40(64-48)23-30(26-51-46)29-63-56-20-17-35(25-49(56,2)3)52-34-11-6-9-32(24-34)44-42(50)43(62-22-21-57)45(65-44)47(60)61/h6-7,9-14,21,23-24,26-28,31,35-36,52H,5,8,15-20,22,25,29H2,1-4H3,(H,60,61). The second-order valence-electron chi connectivity index (χ2n) is 17.4. The molecular formula is C49H53ClN6O6S3. The van der Waals surface area contributed by atoms with E-state index in [0.717, 1.165) is 137 Å². The number of carboxylic acid groups (broad SMARTS) is 1. The molecule has 16 heteroatoms. The number of aromatic carboxylic acids is 1. The Labute approximate surface area is 396 Å². The first-order chi connectivity index (χ1) is 31.4. The van der Waals surface area contributed by atoms with Crippen LogP contribution in [0.1, 0.15) is 96.4 Å². The third kappa shape index (κ3) is 9.90. The maximum Gasteiger partial charge on any atom is 0.349 e. The summed E-state index contributed by atoms with van der Waals surface area (Å²) in [5.41, 5.74) is 6.34. The third-order valence-electron chi connectivity index (χ3n) is 12.6. The van der Waals surface area contributed by atoms with E-state index in [2.05, 4.69) is 59.6 Å². The summed E-state index contributed by atoms with van der Waals surface area (Å²) < 4.78 is 8.96. The highest BCUT2D eigenvalue weighted by Gasteiger charge is 2.36. The quantitative estimate of drug-likeness (QED) is 0.0623.